The van der Waals surface area contributed by atoms with Crippen LogP contribution in [0.4, 0.5) is 0 Å². The molecule has 0 rings (SSSR count). The molecule has 2 heteroatoms. The third kappa shape index (κ3) is 2.13. The summed E-state index contributed by atoms with van der Waals surface area (Å²) in [7, 11) is 0. The van der Waals surface area contributed by atoms with Gasteiger partial charge in [-0.3, -0.25) is 9.59 Å². The molecule has 10 heavy (non-hydrogen) atoms. The Bertz CT molecular complexity index is 159. The molecule has 0 radical (unpaired) electrons. The molecule has 1 atom stereocenters. The Labute approximate surface area is 60.9 Å². The molecule has 0 aromatic rings. The van der Waals surface area contributed by atoms with Crippen LogP contribution in [0.1, 0.15) is 20.3 Å². The Balaban J connectivity index is 4.06. The van der Waals surface area contributed by atoms with E-state index >= 15 is 0 Å². The lowest BCUT2D eigenvalue weighted by Crippen LogP contribution is -2.17. The van der Waals surface area contributed by atoms with E-state index in [2.05, 4.69) is 6.58 Å². The number of hydrogen-bond acceptors (Lipinski definition) is 2. The SMILES string of the molecule is C=CC(=O)C(C)C(=O)CC. The lowest BCUT2D eigenvalue weighted by atomic mass is 10.00. The molecule has 0 aliphatic carbocycles. The van der Waals surface area contributed by atoms with Crippen LogP contribution in [0.3, 0.4) is 0 Å². The fourth-order valence-corrected chi connectivity index (χ4v) is 0.642. The number of rotatable bonds is 4. The second kappa shape index (κ2) is 3.99. The van der Waals surface area contributed by atoms with Crippen LogP contribution < -0.4 is 0 Å². The van der Waals surface area contributed by atoms with Crippen LogP contribution in [0.15, 0.2) is 12.7 Å². The third-order valence-electron chi connectivity index (χ3n) is 1.46. The van der Waals surface area contributed by atoms with E-state index in [1.165, 1.54) is 6.08 Å². The summed E-state index contributed by atoms with van der Waals surface area (Å²) in [5.41, 5.74) is 0. The highest BCUT2D eigenvalue weighted by molar-refractivity contribution is 6.06. The second-order valence-corrected chi connectivity index (χ2v) is 2.15. The molecule has 1 unspecified atom stereocenters. The van der Waals surface area contributed by atoms with E-state index in [0.717, 1.165) is 0 Å². The van der Waals surface area contributed by atoms with Gasteiger partial charge in [0, 0.05) is 6.42 Å². The van der Waals surface area contributed by atoms with Gasteiger partial charge in [0.1, 0.15) is 5.78 Å². The maximum atomic E-state index is 10.8. The Kier molecular flexibility index (Phi) is 3.62. The molecule has 0 N–H and O–H groups in total. The number of Topliss-reactive ketones (excluding diaryl/α,β-unsaturated/α-hetero) is 1. The zero-order valence-corrected chi connectivity index (χ0v) is 6.39. The van der Waals surface area contributed by atoms with E-state index < -0.39 is 5.92 Å². The number of carbonyl (C=O) groups excluding carboxylic acids is 2. The number of carbonyl (C=O) groups is 2. The molecule has 0 heterocycles. The van der Waals surface area contributed by atoms with Gasteiger partial charge in [0.25, 0.3) is 0 Å². The summed E-state index contributed by atoms with van der Waals surface area (Å²) >= 11 is 0. The van der Waals surface area contributed by atoms with E-state index in [1.807, 2.05) is 0 Å². The minimum atomic E-state index is -0.498. The minimum Gasteiger partial charge on any atom is -0.299 e. The number of hydrogen-bond donors (Lipinski definition) is 0. The Morgan fingerprint density at radius 3 is 2.40 bits per heavy atom. The topological polar surface area (TPSA) is 34.1 Å². The minimum absolute atomic E-state index is 0.0232. The molecule has 0 aliphatic rings. The summed E-state index contributed by atoms with van der Waals surface area (Å²) in [6.07, 6.45) is 1.61. The maximum absolute atomic E-state index is 10.8. The average molecular weight is 140 g/mol. The van der Waals surface area contributed by atoms with E-state index in [9.17, 15) is 9.59 Å². The molecule has 0 saturated heterocycles. The molecule has 0 aliphatic heterocycles. The average Bonchev–Trinajstić information content (AvgIpc) is 2.00. The molecule has 0 aromatic heterocycles. The standard InChI is InChI=1S/C8H12O2/c1-4-7(9)6(3)8(10)5-2/h4,6H,1,5H2,2-3H3. The monoisotopic (exact) mass is 140 g/mol. The summed E-state index contributed by atoms with van der Waals surface area (Å²) in [5.74, 6) is -0.709. The summed E-state index contributed by atoms with van der Waals surface area (Å²) < 4.78 is 0. The summed E-state index contributed by atoms with van der Waals surface area (Å²) in [4.78, 5) is 21.6. The normalized spacial score (nSPS) is 12.2. The van der Waals surface area contributed by atoms with Gasteiger partial charge in [-0.15, -0.1) is 0 Å². The van der Waals surface area contributed by atoms with E-state index in [0.29, 0.717) is 6.42 Å². The Morgan fingerprint density at radius 1 is 1.60 bits per heavy atom. The summed E-state index contributed by atoms with van der Waals surface area (Å²) in [6.45, 7) is 6.65. The quantitative estimate of drug-likeness (QED) is 0.436. The lowest BCUT2D eigenvalue weighted by Gasteiger charge is -2.02. The highest BCUT2D eigenvalue weighted by atomic mass is 16.1. The van der Waals surface area contributed by atoms with Crippen molar-refractivity contribution in [2.24, 2.45) is 5.92 Å². The van der Waals surface area contributed by atoms with Crippen LogP contribution in [0, 0.1) is 5.92 Å². The first-order valence-corrected chi connectivity index (χ1v) is 3.32. The summed E-state index contributed by atoms with van der Waals surface area (Å²) in [6, 6.07) is 0. The van der Waals surface area contributed by atoms with Crippen molar-refractivity contribution in [3.8, 4) is 0 Å². The predicted octanol–water partition coefficient (Wildman–Crippen LogP) is 1.36. The Hall–Kier alpha value is -0.920. The van der Waals surface area contributed by atoms with Gasteiger partial charge in [-0.05, 0) is 13.0 Å². The number of ketones is 2. The van der Waals surface area contributed by atoms with Crippen molar-refractivity contribution in [1.82, 2.24) is 0 Å². The molecule has 0 bridgehead atoms. The van der Waals surface area contributed by atoms with Crippen LogP contribution in [0.2, 0.25) is 0 Å². The van der Waals surface area contributed by atoms with Crippen molar-refractivity contribution in [3.63, 3.8) is 0 Å². The van der Waals surface area contributed by atoms with Crippen LogP contribution >= 0.6 is 0 Å². The van der Waals surface area contributed by atoms with E-state index in [4.69, 9.17) is 0 Å². The van der Waals surface area contributed by atoms with Gasteiger partial charge in [0.2, 0.25) is 0 Å². The van der Waals surface area contributed by atoms with E-state index in [-0.39, 0.29) is 11.6 Å². The van der Waals surface area contributed by atoms with E-state index in [1.54, 1.807) is 13.8 Å². The van der Waals surface area contributed by atoms with Gasteiger partial charge in [-0.2, -0.15) is 0 Å². The van der Waals surface area contributed by atoms with Crippen molar-refractivity contribution in [2.75, 3.05) is 0 Å². The van der Waals surface area contributed by atoms with Crippen molar-refractivity contribution in [3.05, 3.63) is 12.7 Å². The van der Waals surface area contributed by atoms with Crippen LogP contribution in [0.5, 0.6) is 0 Å². The predicted molar refractivity (Wildman–Crippen MR) is 39.7 cm³/mol. The van der Waals surface area contributed by atoms with Crippen LogP contribution in [-0.4, -0.2) is 11.6 Å². The molecule has 0 spiro atoms. The van der Waals surface area contributed by atoms with Crippen molar-refractivity contribution in [1.29, 1.82) is 0 Å². The third-order valence-corrected chi connectivity index (χ3v) is 1.46. The molecular weight excluding hydrogens is 128 g/mol. The van der Waals surface area contributed by atoms with Gasteiger partial charge in [-0.25, -0.2) is 0 Å². The molecule has 2 nitrogen and oxygen atoms in total. The highest BCUT2D eigenvalue weighted by Crippen LogP contribution is 2.01. The molecule has 0 amide bonds. The first-order valence-electron chi connectivity index (χ1n) is 3.32. The Morgan fingerprint density at radius 2 is 2.10 bits per heavy atom. The smallest absolute Gasteiger partial charge is 0.165 e. The number of allylic oxidation sites excluding steroid dienone is 1. The molecule has 0 saturated carbocycles. The van der Waals surface area contributed by atoms with Gasteiger partial charge < -0.3 is 0 Å². The maximum Gasteiger partial charge on any atom is 0.165 e. The lowest BCUT2D eigenvalue weighted by molar-refractivity contribution is -0.129. The molecule has 0 fully saturated rings. The van der Waals surface area contributed by atoms with Gasteiger partial charge in [-0.1, -0.05) is 13.5 Å². The first kappa shape index (κ1) is 9.08. The van der Waals surface area contributed by atoms with Crippen LogP contribution in [-0.2, 0) is 9.59 Å². The molecule has 0 aromatic carbocycles. The summed E-state index contributed by atoms with van der Waals surface area (Å²) in [5, 5.41) is 0. The fraction of sp³-hybridized carbons (Fsp3) is 0.500. The first-order chi connectivity index (χ1) is 4.63. The highest BCUT2D eigenvalue weighted by Gasteiger charge is 2.15. The second-order valence-electron chi connectivity index (χ2n) is 2.15. The van der Waals surface area contributed by atoms with Gasteiger partial charge in [0.05, 0.1) is 5.92 Å². The van der Waals surface area contributed by atoms with Crippen molar-refractivity contribution in [2.45, 2.75) is 20.3 Å². The zero-order valence-electron chi connectivity index (χ0n) is 6.39. The molecule has 56 valence electrons. The fourth-order valence-electron chi connectivity index (χ4n) is 0.642. The zero-order chi connectivity index (χ0) is 8.15. The van der Waals surface area contributed by atoms with Crippen LogP contribution in [0.25, 0.3) is 0 Å². The van der Waals surface area contributed by atoms with Gasteiger partial charge in [0.15, 0.2) is 5.78 Å². The van der Waals surface area contributed by atoms with Crippen molar-refractivity contribution < 1.29 is 9.59 Å². The largest absolute Gasteiger partial charge is 0.299 e. The van der Waals surface area contributed by atoms with Gasteiger partial charge >= 0.3 is 0 Å². The molecular formula is C8H12O2. The van der Waals surface area contributed by atoms with Crippen molar-refractivity contribution >= 4 is 11.6 Å².